The Bertz CT molecular complexity index is 1580. The van der Waals surface area contributed by atoms with Crippen molar-refractivity contribution < 1.29 is 28.6 Å². The summed E-state index contributed by atoms with van der Waals surface area (Å²) in [5.41, 5.74) is 0. The highest BCUT2D eigenvalue weighted by atomic mass is 16.6. The van der Waals surface area contributed by atoms with Crippen LogP contribution in [0.25, 0.3) is 0 Å². The molecule has 6 nitrogen and oxygen atoms in total. The van der Waals surface area contributed by atoms with E-state index < -0.39 is 6.10 Å². The van der Waals surface area contributed by atoms with Crippen LogP contribution < -0.4 is 0 Å². The van der Waals surface area contributed by atoms with Gasteiger partial charge in [0.25, 0.3) is 0 Å². The molecule has 0 aromatic carbocycles. The number of hydrogen-bond acceptors (Lipinski definition) is 6. The highest BCUT2D eigenvalue weighted by molar-refractivity contribution is 5.71. The fraction of sp³-hybridized carbons (Fsp3) is 0.578. The van der Waals surface area contributed by atoms with Gasteiger partial charge in [-0.3, -0.25) is 14.4 Å². The molecule has 0 amide bonds. The zero-order chi connectivity index (χ0) is 50.7. The van der Waals surface area contributed by atoms with Crippen LogP contribution in [-0.2, 0) is 28.6 Å². The summed E-state index contributed by atoms with van der Waals surface area (Å²) >= 11 is 0. The van der Waals surface area contributed by atoms with Gasteiger partial charge in [0.05, 0.1) is 0 Å². The maximum Gasteiger partial charge on any atom is 0.306 e. The van der Waals surface area contributed by atoms with E-state index in [1.807, 2.05) is 0 Å². The van der Waals surface area contributed by atoms with Crippen molar-refractivity contribution in [2.24, 2.45) is 0 Å². The number of esters is 3. The minimum absolute atomic E-state index is 0.108. The Morgan fingerprint density at radius 1 is 0.300 bits per heavy atom. The van der Waals surface area contributed by atoms with E-state index in [9.17, 15) is 14.4 Å². The van der Waals surface area contributed by atoms with Gasteiger partial charge >= 0.3 is 17.9 Å². The molecule has 0 rings (SSSR count). The predicted molar refractivity (Wildman–Crippen MR) is 302 cm³/mol. The maximum absolute atomic E-state index is 12.8. The third-order valence-corrected chi connectivity index (χ3v) is 11.0. The summed E-state index contributed by atoms with van der Waals surface area (Å²) in [6.45, 7) is 6.27. The van der Waals surface area contributed by atoms with E-state index in [4.69, 9.17) is 14.2 Å². The summed E-state index contributed by atoms with van der Waals surface area (Å²) < 4.78 is 16.7. The van der Waals surface area contributed by atoms with Crippen molar-refractivity contribution in [1.29, 1.82) is 0 Å². The van der Waals surface area contributed by atoms with Gasteiger partial charge in [-0.25, -0.2) is 0 Å². The zero-order valence-electron chi connectivity index (χ0n) is 44.7. The monoisotopic (exact) mass is 965 g/mol. The summed E-state index contributed by atoms with van der Waals surface area (Å²) in [7, 11) is 0. The molecule has 392 valence electrons. The molecular formula is C64H100O6. The molecule has 0 fully saturated rings. The Morgan fingerprint density at radius 3 is 0.900 bits per heavy atom. The summed E-state index contributed by atoms with van der Waals surface area (Å²) in [4.78, 5) is 38.0. The van der Waals surface area contributed by atoms with E-state index >= 15 is 0 Å². The molecule has 0 bridgehead atoms. The van der Waals surface area contributed by atoms with Gasteiger partial charge in [0.1, 0.15) is 13.2 Å². The Balaban J connectivity index is 4.35. The van der Waals surface area contributed by atoms with Gasteiger partial charge in [0.15, 0.2) is 6.10 Å². The third-order valence-electron chi connectivity index (χ3n) is 11.0. The van der Waals surface area contributed by atoms with E-state index in [2.05, 4.69) is 167 Å². The van der Waals surface area contributed by atoms with Crippen molar-refractivity contribution in [3.8, 4) is 0 Å². The molecule has 0 aliphatic rings. The van der Waals surface area contributed by atoms with E-state index in [0.29, 0.717) is 12.8 Å². The number of carbonyl (C=O) groups excluding carboxylic acids is 3. The quantitative estimate of drug-likeness (QED) is 0.0262. The molecule has 0 radical (unpaired) electrons. The molecule has 0 aliphatic heterocycles. The van der Waals surface area contributed by atoms with Crippen LogP contribution in [0.15, 0.2) is 146 Å². The van der Waals surface area contributed by atoms with Gasteiger partial charge in [-0.2, -0.15) is 0 Å². The van der Waals surface area contributed by atoms with E-state index in [0.717, 1.165) is 167 Å². The lowest BCUT2D eigenvalue weighted by Crippen LogP contribution is -2.30. The highest BCUT2D eigenvalue weighted by Crippen LogP contribution is 2.12. The summed E-state index contributed by atoms with van der Waals surface area (Å²) in [6.07, 6.45) is 81.4. The van der Waals surface area contributed by atoms with Crippen LogP contribution in [0.5, 0.6) is 0 Å². The van der Waals surface area contributed by atoms with E-state index in [1.54, 1.807) is 0 Å². The molecule has 0 saturated heterocycles. The van der Waals surface area contributed by atoms with Gasteiger partial charge in [0, 0.05) is 19.3 Å². The molecule has 70 heavy (non-hydrogen) atoms. The third kappa shape index (κ3) is 54.2. The predicted octanol–water partition coefficient (Wildman–Crippen LogP) is 18.8. The lowest BCUT2D eigenvalue weighted by atomic mass is 10.1. The van der Waals surface area contributed by atoms with Crippen LogP contribution in [0.3, 0.4) is 0 Å². The van der Waals surface area contributed by atoms with Crippen molar-refractivity contribution in [1.82, 2.24) is 0 Å². The molecule has 0 saturated carbocycles. The fourth-order valence-corrected chi connectivity index (χ4v) is 6.94. The number of rotatable bonds is 48. The molecular weight excluding hydrogens is 865 g/mol. The smallest absolute Gasteiger partial charge is 0.306 e. The highest BCUT2D eigenvalue weighted by Gasteiger charge is 2.19. The Hall–Kier alpha value is -4.71. The van der Waals surface area contributed by atoms with E-state index in [-0.39, 0.29) is 37.5 Å². The first kappa shape index (κ1) is 65.3. The molecule has 0 aromatic rings. The average Bonchev–Trinajstić information content (AvgIpc) is 3.36. The van der Waals surface area contributed by atoms with Gasteiger partial charge < -0.3 is 14.2 Å². The minimum Gasteiger partial charge on any atom is -0.462 e. The van der Waals surface area contributed by atoms with Crippen molar-refractivity contribution in [2.45, 2.75) is 226 Å². The minimum atomic E-state index is -0.812. The lowest BCUT2D eigenvalue weighted by Gasteiger charge is -2.18. The van der Waals surface area contributed by atoms with Gasteiger partial charge in [-0.15, -0.1) is 0 Å². The molecule has 0 spiro atoms. The zero-order valence-corrected chi connectivity index (χ0v) is 44.7. The first-order chi connectivity index (χ1) is 34.5. The number of carbonyl (C=O) groups is 3. The van der Waals surface area contributed by atoms with Gasteiger partial charge in [-0.05, 0) is 135 Å². The molecule has 6 heteroatoms. The molecule has 0 heterocycles. The first-order valence-corrected chi connectivity index (χ1v) is 27.8. The van der Waals surface area contributed by atoms with Crippen molar-refractivity contribution in [3.05, 3.63) is 146 Å². The van der Waals surface area contributed by atoms with Gasteiger partial charge in [-0.1, -0.05) is 212 Å². The molecule has 1 unspecified atom stereocenters. The number of hydrogen-bond donors (Lipinski definition) is 0. The van der Waals surface area contributed by atoms with Crippen LogP contribution in [0.1, 0.15) is 220 Å². The van der Waals surface area contributed by atoms with Crippen molar-refractivity contribution in [3.63, 3.8) is 0 Å². The molecule has 0 N–H and O–H groups in total. The molecule has 1 atom stereocenters. The molecule has 0 aromatic heterocycles. The van der Waals surface area contributed by atoms with Gasteiger partial charge in [0.2, 0.25) is 0 Å². The number of allylic oxidation sites excluding steroid dienone is 24. The Kier molecular flexibility index (Phi) is 53.0. The number of unbranched alkanes of at least 4 members (excludes halogenated alkanes) is 13. The van der Waals surface area contributed by atoms with Crippen LogP contribution in [0, 0.1) is 0 Å². The van der Waals surface area contributed by atoms with Crippen molar-refractivity contribution in [2.75, 3.05) is 13.2 Å². The van der Waals surface area contributed by atoms with Crippen LogP contribution in [0.4, 0.5) is 0 Å². The second kappa shape index (κ2) is 56.9. The van der Waals surface area contributed by atoms with Crippen LogP contribution >= 0.6 is 0 Å². The number of ether oxygens (including phenoxy) is 3. The fourth-order valence-electron chi connectivity index (χ4n) is 6.94. The standard InChI is InChI=1S/C64H100O6/c1-4-7-10-13-16-19-22-24-25-26-27-28-29-30-31-32-33-34-35-36-37-38-39-41-42-45-48-51-54-57-63(66)69-60-61(59-68-62(65)56-53-50-47-44-21-18-15-12-9-6-3)70-64(67)58-55-52-49-46-43-40-23-20-17-14-11-8-5-2/h7-8,10-12,15-17,19-20,24-25,27-28,30-31,33-34,36-37,39-41,43,61H,4-6,9,13-14,18,21-23,26,29,32,35,38,42,44-60H2,1-3H3/b10-7-,11-8-,15-12-,19-16-,20-17-,25-24-,28-27-,31-30-,34-33-,37-36-,41-39-,43-40-. The normalized spacial score (nSPS) is 13.2. The second-order valence-electron chi connectivity index (χ2n) is 17.7. The largest absolute Gasteiger partial charge is 0.462 e. The SMILES string of the molecule is CC/C=C\C/C=C\C/C=C\C/C=C\C/C=C\C/C=C\C/C=C\C/C=C\CCCCCCC(=O)OCC(COC(=O)CCCCCCC/C=C\CCC)OC(=O)CCCCC/C=C\C/C=C\C/C=C\CC. The molecule has 0 aliphatic carbocycles. The van der Waals surface area contributed by atoms with Crippen LogP contribution in [0.2, 0.25) is 0 Å². The first-order valence-electron chi connectivity index (χ1n) is 27.8. The van der Waals surface area contributed by atoms with E-state index in [1.165, 1.54) is 12.8 Å². The summed E-state index contributed by atoms with van der Waals surface area (Å²) in [6, 6.07) is 0. The lowest BCUT2D eigenvalue weighted by molar-refractivity contribution is -0.167. The summed E-state index contributed by atoms with van der Waals surface area (Å²) in [5.74, 6) is -0.985. The average molecular weight is 965 g/mol. The summed E-state index contributed by atoms with van der Waals surface area (Å²) in [5, 5.41) is 0. The second-order valence-corrected chi connectivity index (χ2v) is 17.7. The Morgan fingerprint density at radius 2 is 0.557 bits per heavy atom. The Labute approximate surface area is 429 Å². The topological polar surface area (TPSA) is 78.9 Å². The van der Waals surface area contributed by atoms with Crippen LogP contribution in [-0.4, -0.2) is 37.2 Å². The van der Waals surface area contributed by atoms with Crippen molar-refractivity contribution >= 4 is 17.9 Å². The maximum atomic E-state index is 12.8.